The molecule has 48 heavy (non-hydrogen) atoms. The number of hydrogen-bond acceptors (Lipinski definition) is 6. The lowest BCUT2D eigenvalue weighted by Crippen LogP contribution is -2.55. The number of rotatable bonds is 6. The van der Waals surface area contributed by atoms with Crippen molar-refractivity contribution in [1.29, 1.82) is 0 Å². The third kappa shape index (κ3) is 6.81. The van der Waals surface area contributed by atoms with Gasteiger partial charge in [0, 0.05) is 38.9 Å². The highest BCUT2D eigenvalue weighted by atomic mass is 19.1. The Labute approximate surface area is 281 Å². The smallest absolute Gasteiger partial charge is 0.246 e. The molecule has 0 radical (unpaired) electrons. The Balaban J connectivity index is 1.80. The summed E-state index contributed by atoms with van der Waals surface area (Å²) in [6.07, 6.45) is 5.06. The molecule has 2 bridgehead atoms. The summed E-state index contributed by atoms with van der Waals surface area (Å²) in [6, 6.07) is 7.34. The second kappa shape index (κ2) is 14.6. The first-order valence-electron chi connectivity index (χ1n) is 16.5. The minimum Gasteiger partial charge on any atom is -0.492 e. The Morgan fingerprint density at radius 3 is 2.58 bits per heavy atom. The molecule has 0 spiro atoms. The summed E-state index contributed by atoms with van der Waals surface area (Å²) in [5.41, 5.74) is 1.95. The predicted molar refractivity (Wildman–Crippen MR) is 184 cm³/mol. The number of anilines is 2. The van der Waals surface area contributed by atoms with Gasteiger partial charge in [0.2, 0.25) is 12.3 Å². The van der Waals surface area contributed by atoms with Crippen LogP contribution in [0.5, 0.6) is 5.75 Å². The molecule has 0 aliphatic carbocycles. The maximum atomic E-state index is 16.5. The number of ether oxygens (including phenoxy) is 1. The lowest BCUT2D eigenvalue weighted by atomic mass is 9.89. The number of hydrogen-bond donors (Lipinski definition) is 0. The van der Waals surface area contributed by atoms with Gasteiger partial charge in [-0.15, -0.1) is 0 Å². The predicted octanol–water partition coefficient (Wildman–Crippen LogP) is 6.53. The SMILES string of the molecule is C=CC(=O)N1CCN(/C(=N/C)c2cc(F)c3nc2N(C=O)c2c(ccnc2C(C)C)CC(CC(C)C)COc2cccc(F)c2-3)C(C)C1. The summed E-state index contributed by atoms with van der Waals surface area (Å²) < 4.78 is 38.5. The van der Waals surface area contributed by atoms with Gasteiger partial charge in [0.1, 0.15) is 23.1 Å². The summed E-state index contributed by atoms with van der Waals surface area (Å²) in [7, 11) is 1.59. The van der Waals surface area contributed by atoms with Crippen LogP contribution in [0.25, 0.3) is 11.3 Å². The fourth-order valence-electron chi connectivity index (χ4n) is 6.84. The number of amides is 2. The topological polar surface area (TPSA) is 91.2 Å². The van der Waals surface area contributed by atoms with E-state index in [1.165, 1.54) is 29.2 Å². The van der Waals surface area contributed by atoms with Crippen molar-refractivity contribution < 1.29 is 23.1 Å². The van der Waals surface area contributed by atoms with Gasteiger partial charge in [-0.25, -0.2) is 13.8 Å². The number of carbonyl (C=O) groups is 2. The zero-order chi connectivity index (χ0) is 34.7. The molecule has 0 saturated carbocycles. The van der Waals surface area contributed by atoms with E-state index in [0.717, 1.165) is 12.0 Å². The van der Waals surface area contributed by atoms with E-state index >= 15 is 8.78 Å². The van der Waals surface area contributed by atoms with Gasteiger partial charge in [0.15, 0.2) is 11.6 Å². The van der Waals surface area contributed by atoms with Crippen molar-refractivity contribution in [1.82, 2.24) is 19.8 Å². The first kappa shape index (κ1) is 34.7. The van der Waals surface area contributed by atoms with Gasteiger partial charge in [-0.3, -0.25) is 24.5 Å². The van der Waals surface area contributed by atoms with Gasteiger partial charge in [0.05, 0.1) is 29.1 Å². The molecule has 0 N–H and O–H groups in total. The molecule has 3 aromatic rings. The van der Waals surface area contributed by atoms with Crippen LogP contribution in [-0.2, 0) is 16.0 Å². The summed E-state index contributed by atoms with van der Waals surface area (Å²) in [6.45, 7) is 15.2. The van der Waals surface area contributed by atoms with Gasteiger partial charge in [-0.05, 0) is 73.4 Å². The van der Waals surface area contributed by atoms with Crippen molar-refractivity contribution >= 4 is 29.7 Å². The number of benzene rings is 1. The van der Waals surface area contributed by atoms with Crippen LogP contribution in [0.4, 0.5) is 20.3 Å². The van der Waals surface area contributed by atoms with Gasteiger partial charge >= 0.3 is 0 Å². The molecule has 11 heteroatoms. The van der Waals surface area contributed by atoms with E-state index in [1.807, 2.05) is 31.7 Å². The van der Waals surface area contributed by atoms with Crippen LogP contribution in [0.3, 0.4) is 0 Å². The maximum absolute atomic E-state index is 16.5. The van der Waals surface area contributed by atoms with E-state index in [2.05, 4.69) is 25.4 Å². The van der Waals surface area contributed by atoms with E-state index in [1.54, 1.807) is 24.2 Å². The van der Waals surface area contributed by atoms with Gasteiger partial charge in [-0.2, -0.15) is 0 Å². The number of carbonyl (C=O) groups excluding carboxylic acids is 2. The van der Waals surface area contributed by atoms with Crippen molar-refractivity contribution in [3.8, 4) is 17.0 Å². The highest BCUT2D eigenvalue weighted by Crippen LogP contribution is 2.41. The molecule has 4 heterocycles. The molecule has 254 valence electrons. The number of halogens is 2. The van der Waals surface area contributed by atoms with Crippen molar-refractivity contribution in [2.45, 2.75) is 59.4 Å². The van der Waals surface area contributed by atoms with Gasteiger partial charge in [-0.1, -0.05) is 40.3 Å². The third-order valence-corrected chi connectivity index (χ3v) is 8.95. The first-order valence-corrected chi connectivity index (χ1v) is 16.5. The average molecular weight is 659 g/mol. The lowest BCUT2D eigenvalue weighted by Gasteiger charge is -2.41. The Morgan fingerprint density at radius 2 is 1.94 bits per heavy atom. The second-order valence-electron chi connectivity index (χ2n) is 13.2. The summed E-state index contributed by atoms with van der Waals surface area (Å²) in [5.74, 6) is -0.766. The third-order valence-electron chi connectivity index (χ3n) is 8.95. The molecule has 1 aromatic carbocycles. The van der Waals surface area contributed by atoms with Crippen molar-refractivity contribution in [2.75, 3.05) is 38.2 Å². The van der Waals surface area contributed by atoms with Crippen LogP contribution in [-0.4, -0.2) is 77.3 Å². The Bertz CT molecular complexity index is 1730. The molecular formula is C37H44F2N6O3. The van der Waals surface area contributed by atoms with Gasteiger partial charge in [0.25, 0.3) is 0 Å². The largest absolute Gasteiger partial charge is 0.492 e. The molecule has 9 nitrogen and oxygen atoms in total. The summed E-state index contributed by atoms with van der Waals surface area (Å²) >= 11 is 0. The zero-order valence-corrected chi connectivity index (χ0v) is 28.5. The number of amidine groups is 1. The average Bonchev–Trinajstić information content (AvgIpc) is 3.05. The Morgan fingerprint density at radius 1 is 1.17 bits per heavy atom. The fraction of sp³-hybridized carbons (Fsp3) is 0.432. The number of pyridine rings is 2. The summed E-state index contributed by atoms with van der Waals surface area (Å²) in [5, 5.41) is 0. The quantitative estimate of drug-likeness (QED) is 0.130. The molecule has 5 rings (SSSR count). The molecular weight excluding hydrogens is 614 g/mol. The molecule has 2 aromatic heterocycles. The number of fused-ring (bicyclic) bond motifs is 5. The van der Waals surface area contributed by atoms with Crippen LogP contribution >= 0.6 is 0 Å². The monoisotopic (exact) mass is 658 g/mol. The highest BCUT2D eigenvalue weighted by molar-refractivity contribution is 6.07. The van der Waals surface area contributed by atoms with E-state index in [0.29, 0.717) is 55.6 Å². The van der Waals surface area contributed by atoms with E-state index in [-0.39, 0.29) is 58.8 Å². The van der Waals surface area contributed by atoms with Crippen molar-refractivity contribution in [2.24, 2.45) is 16.8 Å². The molecule has 2 atom stereocenters. The molecule has 2 unspecified atom stereocenters. The Kier molecular flexibility index (Phi) is 10.6. The minimum absolute atomic E-state index is 0.00554. The molecule has 2 aliphatic rings. The molecule has 1 saturated heterocycles. The van der Waals surface area contributed by atoms with Crippen LogP contribution < -0.4 is 9.64 Å². The normalized spacial score (nSPS) is 18.5. The van der Waals surface area contributed by atoms with E-state index < -0.39 is 11.6 Å². The van der Waals surface area contributed by atoms with E-state index in [9.17, 15) is 9.59 Å². The highest BCUT2D eigenvalue weighted by Gasteiger charge is 2.34. The van der Waals surface area contributed by atoms with E-state index in [4.69, 9.17) is 14.7 Å². The number of aromatic nitrogens is 2. The molecule has 2 amide bonds. The molecule has 2 aliphatic heterocycles. The van der Waals surface area contributed by atoms with Crippen LogP contribution in [0, 0.1) is 23.5 Å². The molecule has 1 fully saturated rings. The summed E-state index contributed by atoms with van der Waals surface area (Å²) in [4.78, 5) is 44.9. The van der Waals surface area contributed by atoms with Crippen molar-refractivity contribution in [3.63, 3.8) is 0 Å². The standard InChI is InChI=1S/C37H44F2N6O3/c1-8-31(47)43-14-15-44(24(6)19-43)36(40-7)27-18-29(39)34-32-28(38)10-9-11-30(32)48-20-25(16-22(2)3)17-26-12-13-41-33(23(4)5)35(26)45(21-46)37(27)42-34/h8-13,18,21-25H,1,14-17,19-20H2,2-7H3/b40-36+. The van der Waals surface area contributed by atoms with Crippen LogP contribution in [0.1, 0.15) is 63.8 Å². The van der Waals surface area contributed by atoms with Crippen LogP contribution in [0.2, 0.25) is 0 Å². The number of piperazine rings is 1. The number of aliphatic imine (C=N–C) groups is 1. The maximum Gasteiger partial charge on any atom is 0.246 e. The Hall–Kier alpha value is -4.67. The fourth-order valence-corrected chi connectivity index (χ4v) is 6.84. The number of nitrogens with zero attached hydrogens (tertiary/aromatic N) is 6. The minimum atomic E-state index is -0.796. The van der Waals surface area contributed by atoms with Gasteiger partial charge < -0.3 is 14.5 Å². The second-order valence-corrected chi connectivity index (χ2v) is 13.2. The zero-order valence-electron chi connectivity index (χ0n) is 28.5. The first-order chi connectivity index (χ1) is 23.0. The van der Waals surface area contributed by atoms with Crippen molar-refractivity contribution in [3.05, 3.63) is 77.6 Å². The lowest BCUT2D eigenvalue weighted by molar-refractivity contribution is -0.128. The van der Waals surface area contributed by atoms with Crippen LogP contribution in [0.15, 0.2) is 54.2 Å².